The molecular formula is C70H132O6. The quantitative estimate of drug-likeness (QED) is 0.0261. The van der Waals surface area contributed by atoms with E-state index in [0.717, 1.165) is 77.0 Å². The molecule has 0 heterocycles. The van der Waals surface area contributed by atoms with Gasteiger partial charge in [0.1, 0.15) is 13.2 Å². The number of allylic oxidation sites excluding steroid dienone is 4. The first-order chi connectivity index (χ1) is 37.5. The van der Waals surface area contributed by atoms with Crippen LogP contribution in [0.15, 0.2) is 24.3 Å². The van der Waals surface area contributed by atoms with Crippen molar-refractivity contribution in [1.29, 1.82) is 0 Å². The molecule has 448 valence electrons. The zero-order valence-corrected chi connectivity index (χ0v) is 51.6. The van der Waals surface area contributed by atoms with E-state index in [4.69, 9.17) is 14.2 Å². The molecule has 0 bridgehead atoms. The number of esters is 3. The second kappa shape index (κ2) is 65.4. The zero-order valence-electron chi connectivity index (χ0n) is 51.6. The number of unbranched alkanes of at least 4 members (excludes halogenated alkanes) is 49. The molecule has 0 amide bonds. The lowest BCUT2D eigenvalue weighted by molar-refractivity contribution is -0.167. The normalized spacial score (nSPS) is 12.1. The number of hydrogen-bond donors (Lipinski definition) is 0. The molecule has 76 heavy (non-hydrogen) atoms. The Balaban J connectivity index is 4.27. The second-order valence-corrected chi connectivity index (χ2v) is 23.5. The molecule has 6 heteroatoms. The highest BCUT2D eigenvalue weighted by Gasteiger charge is 2.19. The largest absolute Gasteiger partial charge is 0.462 e. The van der Waals surface area contributed by atoms with Crippen molar-refractivity contribution in [2.45, 2.75) is 393 Å². The predicted octanol–water partition coefficient (Wildman–Crippen LogP) is 23.4. The zero-order chi connectivity index (χ0) is 55.0. The van der Waals surface area contributed by atoms with Crippen LogP contribution in [0.1, 0.15) is 387 Å². The molecule has 0 rings (SSSR count). The third kappa shape index (κ3) is 62.7. The molecule has 0 radical (unpaired) electrons. The van der Waals surface area contributed by atoms with Crippen LogP contribution in [0.5, 0.6) is 0 Å². The van der Waals surface area contributed by atoms with Crippen molar-refractivity contribution in [2.75, 3.05) is 13.2 Å². The minimum absolute atomic E-state index is 0.0693. The number of rotatable bonds is 64. The monoisotopic (exact) mass is 1070 g/mol. The fraction of sp³-hybridized carbons (Fsp3) is 0.900. The minimum Gasteiger partial charge on any atom is -0.462 e. The van der Waals surface area contributed by atoms with Crippen LogP contribution in [0.3, 0.4) is 0 Å². The molecular weight excluding hydrogens is 937 g/mol. The van der Waals surface area contributed by atoms with Gasteiger partial charge in [-0.05, 0) is 51.4 Å². The van der Waals surface area contributed by atoms with Gasteiger partial charge >= 0.3 is 17.9 Å². The first-order valence-corrected chi connectivity index (χ1v) is 34.3. The second-order valence-electron chi connectivity index (χ2n) is 23.5. The molecule has 1 unspecified atom stereocenters. The Labute approximate surface area is 474 Å². The maximum Gasteiger partial charge on any atom is 0.306 e. The summed E-state index contributed by atoms with van der Waals surface area (Å²) >= 11 is 0. The summed E-state index contributed by atoms with van der Waals surface area (Å²) in [6, 6.07) is 0. The average molecular weight is 1070 g/mol. The van der Waals surface area contributed by atoms with Gasteiger partial charge in [-0.3, -0.25) is 14.4 Å². The molecule has 6 nitrogen and oxygen atoms in total. The summed E-state index contributed by atoms with van der Waals surface area (Å²) in [5, 5.41) is 0. The average Bonchev–Trinajstić information content (AvgIpc) is 3.42. The Bertz CT molecular complexity index is 1230. The summed E-state index contributed by atoms with van der Waals surface area (Å²) in [4.78, 5) is 38.4. The highest BCUT2D eigenvalue weighted by molar-refractivity contribution is 5.71. The van der Waals surface area contributed by atoms with Gasteiger partial charge in [-0.1, -0.05) is 340 Å². The van der Waals surface area contributed by atoms with Gasteiger partial charge < -0.3 is 14.2 Å². The summed E-state index contributed by atoms with van der Waals surface area (Å²) in [7, 11) is 0. The minimum atomic E-state index is -0.774. The van der Waals surface area contributed by atoms with Crippen molar-refractivity contribution < 1.29 is 28.6 Å². The van der Waals surface area contributed by atoms with Crippen LogP contribution in [0.25, 0.3) is 0 Å². The van der Waals surface area contributed by atoms with Gasteiger partial charge in [0.15, 0.2) is 6.10 Å². The van der Waals surface area contributed by atoms with Crippen molar-refractivity contribution in [3.05, 3.63) is 24.3 Å². The predicted molar refractivity (Wildman–Crippen MR) is 330 cm³/mol. The molecule has 0 aliphatic heterocycles. The Hall–Kier alpha value is -2.11. The lowest BCUT2D eigenvalue weighted by atomic mass is 10.0. The van der Waals surface area contributed by atoms with Crippen molar-refractivity contribution in [2.24, 2.45) is 0 Å². The lowest BCUT2D eigenvalue weighted by Crippen LogP contribution is -2.30. The fourth-order valence-corrected chi connectivity index (χ4v) is 10.5. The molecule has 0 spiro atoms. The topological polar surface area (TPSA) is 78.9 Å². The third-order valence-electron chi connectivity index (χ3n) is 15.7. The Kier molecular flexibility index (Phi) is 63.6. The van der Waals surface area contributed by atoms with Crippen LogP contribution in [0, 0.1) is 0 Å². The Morgan fingerprint density at radius 2 is 0.474 bits per heavy atom. The van der Waals surface area contributed by atoms with E-state index < -0.39 is 6.10 Å². The molecule has 1 atom stereocenters. The van der Waals surface area contributed by atoms with Gasteiger partial charge in [0.05, 0.1) is 0 Å². The van der Waals surface area contributed by atoms with Crippen molar-refractivity contribution in [3.63, 3.8) is 0 Å². The van der Waals surface area contributed by atoms with Crippen molar-refractivity contribution >= 4 is 17.9 Å². The molecule has 0 saturated heterocycles. The third-order valence-corrected chi connectivity index (χ3v) is 15.7. The molecule has 0 aromatic heterocycles. The summed E-state index contributed by atoms with van der Waals surface area (Å²) in [6.07, 6.45) is 79.1. The van der Waals surface area contributed by atoms with Crippen LogP contribution in [0.2, 0.25) is 0 Å². The van der Waals surface area contributed by atoms with Gasteiger partial charge in [0, 0.05) is 19.3 Å². The molecule has 0 aliphatic carbocycles. The van der Waals surface area contributed by atoms with Gasteiger partial charge in [0.25, 0.3) is 0 Å². The molecule has 0 saturated carbocycles. The van der Waals surface area contributed by atoms with Crippen LogP contribution in [0.4, 0.5) is 0 Å². The highest BCUT2D eigenvalue weighted by Crippen LogP contribution is 2.19. The van der Waals surface area contributed by atoms with Gasteiger partial charge in [0.2, 0.25) is 0 Å². The SMILES string of the molecule is CCCCC/C=C\C/C=C\CCCCCCCC(=O)OCC(COC(=O)CCCCCCCCCCCCCCCCCCCCCCCCC)OC(=O)CCCCCCCCCCCCCCCCCCCCCC. The van der Waals surface area contributed by atoms with E-state index in [1.165, 1.54) is 270 Å². The van der Waals surface area contributed by atoms with E-state index in [1.807, 2.05) is 0 Å². The Morgan fingerprint density at radius 3 is 0.750 bits per heavy atom. The van der Waals surface area contributed by atoms with Gasteiger partial charge in [-0.15, -0.1) is 0 Å². The van der Waals surface area contributed by atoms with E-state index in [1.54, 1.807) is 0 Å². The maximum atomic E-state index is 12.9. The van der Waals surface area contributed by atoms with E-state index >= 15 is 0 Å². The van der Waals surface area contributed by atoms with E-state index in [0.29, 0.717) is 19.3 Å². The van der Waals surface area contributed by atoms with E-state index in [-0.39, 0.29) is 31.1 Å². The molecule has 0 aliphatic rings. The molecule has 0 aromatic carbocycles. The standard InChI is InChI=1S/C70H132O6/c1-4-7-10-13-16-19-22-25-28-30-32-34-35-36-38-39-42-45-48-51-54-57-60-63-69(72)75-66-67(65-74-68(71)62-59-56-53-50-47-44-41-27-24-21-18-15-12-9-6-3)76-70(73)64-61-58-55-52-49-46-43-40-37-33-31-29-26-23-20-17-14-11-8-5-2/h18,21,27,41,67H,4-17,19-20,22-26,28-40,42-66H2,1-3H3/b21-18-,41-27-. The van der Waals surface area contributed by atoms with E-state index in [2.05, 4.69) is 45.1 Å². The molecule has 0 N–H and O–H groups in total. The Morgan fingerprint density at radius 1 is 0.263 bits per heavy atom. The smallest absolute Gasteiger partial charge is 0.306 e. The number of ether oxygens (including phenoxy) is 3. The lowest BCUT2D eigenvalue weighted by Gasteiger charge is -2.18. The fourth-order valence-electron chi connectivity index (χ4n) is 10.5. The highest BCUT2D eigenvalue weighted by atomic mass is 16.6. The summed E-state index contributed by atoms with van der Waals surface area (Å²) in [6.45, 7) is 6.69. The van der Waals surface area contributed by atoms with Crippen molar-refractivity contribution in [3.8, 4) is 0 Å². The van der Waals surface area contributed by atoms with Crippen LogP contribution >= 0.6 is 0 Å². The van der Waals surface area contributed by atoms with Crippen LogP contribution in [-0.2, 0) is 28.6 Å². The van der Waals surface area contributed by atoms with Gasteiger partial charge in [-0.2, -0.15) is 0 Å². The summed E-state index contributed by atoms with van der Waals surface area (Å²) < 4.78 is 17.0. The number of carbonyl (C=O) groups is 3. The first-order valence-electron chi connectivity index (χ1n) is 34.3. The van der Waals surface area contributed by atoms with Crippen LogP contribution < -0.4 is 0 Å². The van der Waals surface area contributed by atoms with E-state index in [9.17, 15) is 14.4 Å². The first kappa shape index (κ1) is 73.9. The molecule has 0 aromatic rings. The molecule has 0 fully saturated rings. The van der Waals surface area contributed by atoms with Gasteiger partial charge in [-0.25, -0.2) is 0 Å². The van der Waals surface area contributed by atoms with Crippen molar-refractivity contribution in [1.82, 2.24) is 0 Å². The number of hydrogen-bond acceptors (Lipinski definition) is 6. The van der Waals surface area contributed by atoms with Crippen LogP contribution in [-0.4, -0.2) is 37.2 Å². The summed E-state index contributed by atoms with van der Waals surface area (Å²) in [5.41, 5.74) is 0. The number of carbonyl (C=O) groups excluding carboxylic acids is 3. The maximum absolute atomic E-state index is 12.9. The summed E-state index contributed by atoms with van der Waals surface area (Å²) in [5.74, 6) is -0.852.